The highest BCUT2D eigenvalue weighted by Gasteiger charge is 2.32. The summed E-state index contributed by atoms with van der Waals surface area (Å²) in [5.74, 6) is -1.05. The van der Waals surface area contributed by atoms with Crippen LogP contribution in [0.3, 0.4) is 0 Å². The first-order valence-corrected chi connectivity index (χ1v) is 12.5. The Morgan fingerprint density at radius 1 is 1.00 bits per heavy atom. The number of fused-ring (bicyclic) bond motifs is 3. The van der Waals surface area contributed by atoms with E-state index >= 15 is 0 Å². The molecule has 0 saturated heterocycles. The molecule has 2 aromatic rings. The summed E-state index contributed by atoms with van der Waals surface area (Å²) >= 11 is 0. The lowest BCUT2D eigenvalue weighted by molar-refractivity contribution is -0.138. The molecule has 0 aromatic heterocycles. The van der Waals surface area contributed by atoms with Gasteiger partial charge in [-0.15, -0.1) is 0 Å². The standard InChI is InChI=1S/C28H34N2O5/c1-17(2)25(15-26(31)29-24-13-7-8-18(24)14-27(32)33)30-28(34)35-16-23-21-11-5-3-9-19(21)20-10-4-6-12-22(20)23/h3-6,9-12,17-18,23-25H,7-8,13-16H2,1-2H3,(H,29,31)(H,30,34)(H,32,33)/t18-,24+,25+/m0/s1. The average Bonchev–Trinajstić information content (AvgIpc) is 3.38. The second-order valence-electron chi connectivity index (χ2n) is 9.99. The Kier molecular flexibility index (Phi) is 7.73. The number of carbonyl (C=O) groups is 3. The maximum absolute atomic E-state index is 12.7. The molecule has 2 amide bonds. The molecule has 2 aliphatic carbocycles. The maximum atomic E-state index is 12.7. The van der Waals surface area contributed by atoms with E-state index < -0.39 is 12.1 Å². The van der Waals surface area contributed by atoms with Crippen LogP contribution in [0.25, 0.3) is 11.1 Å². The second kappa shape index (κ2) is 10.9. The molecule has 1 saturated carbocycles. The molecule has 3 atom stereocenters. The number of hydrogen-bond acceptors (Lipinski definition) is 4. The third-order valence-corrected chi connectivity index (χ3v) is 7.30. The Hall–Kier alpha value is -3.35. The van der Waals surface area contributed by atoms with Crippen LogP contribution >= 0.6 is 0 Å². The minimum absolute atomic E-state index is 0.0255. The van der Waals surface area contributed by atoms with Crippen molar-refractivity contribution in [3.8, 4) is 11.1 Å². The van der Waals surface area contributed by atoms with Crippen LogP contribution in [-0.4, -0.2) is 41.8 Å². The highest BCUT2D eigenvalue weighted by Crippen LogP contribution is 2.44. The molecule has 1 fully saturated rings. The molecule has 2 aromatic carbocycles. The highest BCUT2D eigenvalue weighted by molar-refractivity contribution is 5.80. The number of benzene rings is 2. The Morgan fingerprint density at radius 2 is 1.63 bits per heavy atom. The molecule has 7 heteroatoms. The van der Waals surface area contributed by atoms with Gasteiger partial charge in [-0.1, -0.05) is 68.8 Å². The Labute approximate surface area is 206 Å². The van der Waals surface area contributed by atoms with Crippen molar-refractivity contribution in [2.24, 2.45) is 11.8 Å². The summed E-state index contributed by atoms with van der Waals surface area (Å²) < 4.78 is 5.65. The first kappa shape index (κ1) is 24.8. The summed E-state index contributed by atoms with van der Waals surface area (Å²) in [6, 6.07) is 15.8. The first-order valence-electron chi connectivity index (χ1n) is 12.5. The van der Waals surface area contributed by atoms with Gasteiger partial charge < -0.3 is 20.5 Å². The molecule has 4 rings (SSSR count). The van der Waals surface area contributed by atoms with Crippen molar-refractivity contribution in [2.45, 2.75) is 64.0 Å². The topological polar surface area (TPSA) is 105 Å². The summed E-state index contributed by atoms with van der Waals surface area (Å²) in [4.78, 5) is 36.5. The summed E-state index contributed by atoms with van der Waals surface area (Å²) in [7, 11) is 0. The van der Waals surface area contributed by atoms with Crippen molar-refractivity contribution in [3.05, 3.63) is 59.7 Å². The third kappa shape index (κ3) is 5.84. The van der Waals surface area contributed by atoms with Gasteiger partial charge in [0, 0.05) is 24.4 Å². The van der Waals surface area contributed by atoms with Crippen LogP contribution in [0.1, 0.15) is 63.0 Å². The number of carboxylic acids is 1. The lowest BCUT2D eigenvalue weighted by Gasteiger charge is -2.25. The van der Waals surface area contributed by atoms with Crippen LogP contribution in [0, 0.1) is 11.8 Å². The van der Waals surface area contributed by atoms with Gasteiger partial charge in [-0.05, 0) is 46.9 Å². The molecule has 186 valence electrons. The van der Waals surface area contributed by atoms with Crippen molar-refractivity contribution < 1.29 is 24.2 Å². The van der Waals surface area contributed by atoms with Gasteiger partial charge in [0.2, 0.25) is 5.91 Å². The normalized spacial score (nSPS) is 19.6. The number of alkyl carbamates (subject to hydrolysis) is 1. The highest BCUT2D eigenvalue weighted by atomic mass is 16.5. The van der Waals surface area contributed by atoms with Crippen LogP contribution in [0.4, 0.5) is 4.79 Å². The van der Waals surface area contributed by atoms with E-state index in [0.717, 1.165) is 30.4 Å². The second-order valence-corrected chi connectivity index (χ2v) is 9.99. The minimum atomic E-state index is -0.840. The zero-order valence-corrected chi connectivity index (χ0v) is 20.3. The molecule has 0 bridgehead atoms. The average molecular weight is 479 g/mol. The van der Waals surface area contributed by atoms with E-state index in [1.165, 1.54) is 11.1 Å². The zero-order chi connectivity index (χ0) is 24.9. The van der Waals surface area contributed by atoms with Gasteiger partial charge in [0.1, 0.15) is 6.61 Å². The lowest BCUT2D eigenvalue weighted by atomic mass is 9.97. The van der Waals surface area contributed by atoms with E-state index in [4.69, 9.17) is 9.84 Å². The van der Waals surface area contributed by atoms with Crippen LogP contribution in [0.2, 0.25) is 0 Å². The van der Waals surface area contributed by atoms with E-state index in [2.05, 4.69) is 34.9 Å². The van der Waals surface area contributed by atoms with Gasteiger partial charge in [0.15, 0.2) is 0 Å². The predicted molar refractivity (Wildman–Crippen MR) is 133 cm³/mol. The number of rotatable bonds is 9. The number of aliphatic carboxylic acids is 1. The van der Waals surface area contributed by atoms with Crippen molar-refractivity contribution >= 4 is 18.0 Å². The third-order valence-electron chi connectivity index (χ3n) is 7.30. The van der Waals surface area contributed by atoms with Crippen molar-refractivity contribution in [2.75, 3.05) is 6.61 Å². The number of ether oxygens (including phenoxy) is 1. The molecule has 0 aliphatic heterocycles. The SMILES string of the molecule is CC(C)[C@@H](CC(=O)N[C@@H]1CCC[C@H]1CC(=O)O)NC(=O)OCC1c2ccccc2-c2ccccc21. The monoisotopic (exact) mass is 478 g/mol. The Morgan fingerprint density at radius 3 is 2.23 bits per heavy atom. The number of carbonyl (C=O) groups excluding carboxylic acids is 2. The lowest BCUT2D eigenvalue weighted by Crippen LogP contribution is -2.45. The van der Waals surface area contributed by atoms with Gasteiger partial charge in [0.25, 0.3) is 0 Å². The van der Waals surface area contributed by atoms with E-state index in [0.29, 0.717) is 0 Å². The molecule has 7 nitrogen and oxygen atoms in total. The fourth-order valence-electron chi connectivity index (χ4n) is 5.41. The Balaban J connectivity index is 1.32. The quantitative estimate of drug-likeness (QED) is 0.485. The number of hydrogen-bond donors (Lipinski definition) is 3. The van der Waals surface area contributed by atoms with E-state index in [1.54, 1.807) is 0 Å². The van der Waals surface area contributed by atoms with Crippen LogP contribution < -0.4 is 10.6 Å². The number of amides is 2. The van der Waals surface area contributed by atoms with Crippen molar-refractivity contribution in [1.82, 2.24) is 10.6 Å². The van der Waals surface area contributed by atoms with Crippen LogP contribution in [0.15, 0.2) is 48.5 Å². The van der Waals surface area contributed by atoms with Gasteiger partial charge in [-0.2, -0.15) is 0 Å². The number of nitrogens with one attached hydrogen (secondary N) is 2. The molecule has 0 unspecified atom stereocenters. The predicted octanol–water partition coefficient (Wildman–Crippen LogP) is 4.70. The van der Waals surface area contributed by atoms with Gasteiger partial charge in [-0.3, -0.25) is 9.59 Å². The molecule has 2 aliphatic rings. The summed E-state index contributed by atoms with van der Waals surface area (Å²) in [5, 5.41) is 15.0. The van der Waals surface area contributed by atoms with Crippen LogP contribution in [0.5, 0.6) is 0 Å². The minimum Gasteiger partial charge on any atom is -0.481 e. The zero-order valence-electron chi connectivity index (χ0n) is 20.3. The summed E-state index contributed by atoms with van der Waals surface area (Å²) in [6.45, 7) is 4.12. The van der Waals surface area contributed by atoms with Gasteiger partial charge in [0.05, 0.1) is 6.42 Å². The van der Waals surface area contributed by atoms with Crippen molar-refractivity contribution in [1.29, 1.82) is 0 Å². The molecule has 35 heavy (non-hydrogen) atoms. The largest absolute Gasteiger partial charge is 0.481 e. The Bertz CT molecular complexity index is 1040. The maximum Gasteiger partial charge on any atom is 0.407 e. The van der Waals surface area contributed by atoms with Crippen LogP contribution in [-0.2, 0) is 14.3 Å². The molecule has 3 N–H and O–H groups in total. The van der Waals surface area contributed by atoms with Gasteiger partial charge >= 0.3 is 12.1 Å². The molecular formula is C28H34N2O5. The summed E-state index contributed by atoms with van der Waals surface area (Å²) in [5.41, 5.74) is 4.63. The number of carboxylic acid groups (broad SMARTS) is 1. The van der Waals surface area contributed by atoms with Gasteiger partial charge in [-0.25, -0.2) is 4.79 Å². The smallest absolute Gasteiger partial charge is 0.407 e. The molecule has 0 radical (unpaired) electrons. The molecule has 0 spiro atoms. The van der Waals surface area contributed by atoms with E-state index in [-0.39, 0.29) is 55.2 Å². The van der Waals surface area contributed by atoms with E-state index in [9.17, 15) is 14.4 Å². The summed E-state index contributed by atoms with van der Waals surface area (Å²) in [6.07, 6.45) is 2.16. The van der Waals surface area contributed by atoms with Crippen molar-refractivity contribution in [3.63, 3.8) is 0 Å². The molecule has 0 heterocycles. The van der Waals surface area contributed by atoms with E-state index in [1.807, 2.05) is 38.1 Å². The fourth-order valence-corrected chi connectivity index (χ4v) is 5.41. The molecular weight excluding hydrogens is 444 g/mol. The first-order chi connectivity index (χ1) is 16.8. The fraction of sp³-hybridized carbons (Fsp3) is 0.464.